The Hall–Kier alpha value is -3.02. The summed E-state index contributed by atoms with van der Waals surface area (Å²) in [5.41, 5.74) is 1.15. The third kappa shape index (κ3) is 10.8. The summed E-state index contributed by atoms with van der Waals surface area (Å²) in [6, 6.07) is 8.96. The normalized spacial score (nSPS) is 18.7. The molecule has 0 bridgehead atoms. The molecule has 46 heavy (non-hydrogen) atoms. The predicted octanol–water partition coefficient (Wildman–Crippen LogP) is 2.63. The molecule has 260 valence electrons. The number of carbonyl (C=O) groups is 4. The van der Waals surface area contributed by atoms with Crippen molar-refractivity contribution in [1.29, 1.82) is 0 Å². The van der Waals surface area contributed by atoms with Crippen molar-refractivity contribution in [1.82, 2.24) is 25.8 Å². The lowest BCUT2D eigenvalue weighted by Crippen LogP contribution is -2.55. The monoisotopic (exact) mass is 645 g/mol. The first-order valence-electron chi connectivity index (χ1n) is 16.8. The van der Waals surface area contributed by atoms with Crippen molar-refractivity contribution in [2.24, 2.45) is 17.8 Å². The fourth-order valence-electron chi connectivity index (χ4n) is 6.63. The number of hydrogen-bond acceptors (Lipinski definition) is 7. The molecule has 1 fully saturated rings. The van der Waals surface area contributed by atoms with Crippen LogP contribution in [0.4, 0.5) is 0 Å². The summed E-state index contributed by atoms with van der Waals surface area (Å²) >= 11 is 0. The summed E-state index contributed by atoms with van der Waals surface area (Å²) in [4.78, 5) is 56.4. The van der Waals surface area contributed by atoms with Crippen LogP contribution in [0.1, 0.15) is 65.9 Å². The Bertz CT molecular complexity index is 1100. The third-order valence-corrected chi connectivity index (χ3v) is 9.53. The molecule has 0 aliphatic carbocycles. The van der Waals surface area contributed by atoms with Gasteiger partial charge in [-0.05, 0) is 43.7 Å². The lowest BCUT2D eigenvalue weighted by atomic mass is 9.90. The Morgan fingerprint density at radius 1 is 1.00 bits per heavy atom. The molecule has 7 atom stereocenters. The second-order valence-electron chi connectivity index (χ2n) is 12.9. The van der Waals surface area contributed by atoms with E-state index < -0.39 is 24.2 Å². The van der Waals surface area contributed by atoms with E-state index in [-0.39, 0.29) is 60.5 Å². The summed E-state index contributed by atoms with van der Waals surface area (Å²) in [5.74, 6) is -1.04. The minimum absolute atomic E-state index is 0.0313. The lowest BCUT2D eigenvalue weighted by Gasteiger charge is -2.39. The summed E-state index contributed by atoms with van der Waals surface area (Å²) < 4.78 is 11.8. The fraction of sp³-hybridized carbons (Fsp3) is 0.714. The summed E-state index contributed by atoms with van der Waals surface area (Å²) in [6.45, 7) is 10.8. The number of amides is 4. The molecule has 0 aromatic heterocycles. The van der Waals surface area contributed by atoms with Crippen LogP contribution in [0, 0.1) is 17.8 Å². The Balaban J connectivity index is 2.09. The van der Waals surface area contributed by atoms with Crippen molar-refractivity contribution in [2.75, 3.05) is 47.9 Å². The average Bonchev–Trinajstić information content (AvgIpc) is 3.53. The first-order chi connectivity index (χ1) is 21.9. The Morgan fingerprint density at radius 3 is 2.24 bits per heavy atom. The van der Waals surface area contributed by atoms with E-state index in [2.05, 4.69) is 16.0 Å². The highest BCUT2D eigenvalue weighted by atomic mass is 16.5. The molecular formula is C35H59N5O6. The summed E-state index contributed by atoms with van der Waals surface area (Å²) in [6.07, 6.45) is 2.11. The number of nitrogens with one attached hydrogen (secondary N) is 3. The highest BCUT2D eigenvalue weighted by molar-refractivity contribution is 5.87. The van der Waals surface area contributed by atoms with Crippen LogP contribution >= 0.6 is 0 Å². The molecule has 2 unspecified atom stereocenters. The molecule has 1 aromatic carbocycles. The molecule has 11 nitrogen and oxygen atoms in total. The molecule has 11 heteroatoms. The number of hydrogen-bond donors (Lipinski definition) is 3. The van der Waals surface area contributed by atoms with Gasteiger partial charge in [0, 0.05) is 34.4 Å². The Morgan fingerprint density at radius 2 is 1.67 bits per heavy atom. The topological polar surface area (TPSA) is 129 Å². The molecule has 0 radical (unpaired) electrons. The number of methoxy groups -OCH3 is 2. The summed E-state index contributed by atoms with van der Waals surface area (Å²) in [5, 5.41) is 8.79. The zero-order valence-electron chi connectivity index (χ0n) is 29.5. The van der Waals surface area contributed by atoms with Crippen molar-refractivity contribution in [2.45, 2.75) is 97.1 Å². The number of carbonyl (C=O) groups excluding carboxylic acids is 4. The number of likely N-dealkylation sites (N-methyl/N-ethyl adjacent to an activating group) is 2. The molecule has 2 rings (SSSR count). The van der Waals surface area contributed by atoms with Gasteiger partial charge in [0.2, 0.25) is 23.6 Å². The summed E-state index contributed by atoms with van der Waals surface area (Å²) in [7, 11) is 6.59. The minimum Gasteiger partial charge on any atom is -0.379 e. The third-order valence-electron chi connectivity index (χ3n) is 9.53. The average molecular weight is 646 g/mol. The molecule has 1 aromatic rings. The zero-order chi connectivity index (χ0) is 34.4. The van der Waals surface area contributed by atoms with Crippen LogP contribution in [-0.4, -0.2) is 112 Å². The predicted molar refractivity (Wildman–Crippen MR) is 180 cm³/mol. The molecule has 0 spiro atoms. The first kappa shape index (κ1) is 39.2. The second-order valence-corrected chi connectivity index (χ2v) is 12.9. The van der Waals surface area contributed by atoms with Gasteiger partial charge in [0.05, 0.1) is 49.2 Å². The minimum atomic E-state index is -0.561. The van der Waals surface area contributed by atoms with E-state index in [1.807, 2.05) is 69.9 Å². The smallest absolute Gasteiger partial charge is 0.242 e. The first-order valence-corrected chi connectivity index (χ1v) is 16.8. The van der Waals surface area contributed by atoms with E-state index in [0.29, 0.717) is 13.1 Å². The fourth-order valence-corrected chi connectivity index (χ4v) is 6.63. The van der Waals surface area contributed by atoms with Crippen LogP contribution in [0.15, 0.2) is 30.3 Å². The van der Waals surface area contributed by atoms with Crippen LogP contribution in [0.2, 0.25) is 0 Å². The van der Waals surface area contributed by atoms with Crippen molar-refractivity contribution in [3.63, 3.8) is 0 Å². The molecule has 1 aliphatic heterocycles. The highest BCUT2D eigenvalue weighted by Crippen LogP contribution is 2.29. The highest BCUT2D eigenvalue weighted by Gasteiger charge is 2.42. The van der Waals surface area contributed by atoms with E-state index in [4.69, 9.17) is 9.47 Å². The molecular weight excluding hydrogens is 586 g/mol. The molecule has 1 aliphatic rings. The van der Waals surface area contributed by atoms with Gasteiger partial charge in [-0.1, -0.05) is 71.4 Å². The van der Waals surface area contributed by atoms with Gasteiger partial charge in [-0.3, -0.25) is 19.2 Å². The molecule has 4 amide bonds. The lowest BCUT2D eigenvalue weighted by molar-refractivity contribution is -0.145. The van der Waals surface area contributed by atoms with Gasteiger partial charge < -0.3 is 35.2 Å². The number of rotatable bonds is 19. The number of benzene rings is 1. The van der Waals surface area contributed by atoms with Crippen molar-refractivity contribution in [3.05, 3.63) is 35.9 Å². The zero-order valence-corrected chi connectivity index (χ0v) is 29.5. The van der Waals surface area contributed by atoms with Crippen LogP contribution in [0.3, 0.4) is 0 Å². The quantitative estimate of drug-likeness (QED) is 0.211. The number of ether oxygens (including phenoxy) is 2. The van der Waals surface area contributed by atoms with Gasteiger partial charge in [-0.2, -0.15) is 0 Å². The number of nitrogens with zero attached hydrogens (tertiary/aromatic N) is 2. The van der Waals surface area contributed by atoms with E-state index in [1.54, 1.807) is 33.2 Å². The molecule has 1 saturated heterocycles. The standard InChI is InChI=1S/C35H59N5O6/c1-10-24(4)32(39(7)30(42)22-38-35(44)31(36-6)23(2)3)28(45-8)21-29(41)40-20-14-17-27(40)33(46-9)25(5)34(43)37-19-18-26-15-12-11-13-16-26/h11-13,15-16,23-25,27-28,31-33,36H,10,14,17-22H2,1-9H3,(H,37,43)(H,38,44)/t24-,25+,27?,28+,31?,32-,33+/m0/s1. The SMILES string of the molecule is CC[C@H](C)[C@@H]([C@@H](CC(=O)N1CCCC1[C@H](OC)[C@@H](C)C(=O)NCCc1ccccc1)OC)N(C)C(=O)CNC(=O)C(NC)C(C)C. The molecule has 1 heterocycles. The van der Waals surface area contributed by atoms with Crippen LogP contribution in [0.5, 0.6) is 0 Å². The van der Waals surface area contributed by atoms with Gasteiger partial charge >= 0.3 is 0 Å². The van der Waals surface area contributed by atoms with Crippen molar-refractivity contribution >= 4 is 23.6 Å². The maximum Gasteiger partial charge on any atom is 0.242 e. The second kappa shape index (κ2) is 19.6. The number of likely N-dealkylation sites (tertiary alicyclic amines) is 1. The maximum atomic E-state index is 13.9. The Kier molecular flexibility index (Phi) is 16.7. The van der Waals surface area contributed by atoms with Gasteiger partial charge in [0.1, 0.15) is 0 Å². The van der Waals surface area contributed by atoms with Gasteiger partial charge in [0.15, 0.2) is 0 Å². The van der Waals surface area contributed by atoms with Gasteiger partial charge in [0.25, 0.3) is 0 Å². The molecule has 0 saturated carbocycles. The van der Waals surface area contributed by atoms with Gasteiger partial charge in [-0.15, -0.1) is 0 Å². The largest absolute Gasteiger partial charge is 0.379 e. The van der Waals surface area contributed by atoms with Crippen LogP contribution in [0.25, 0.3) is 0 Å². The Labute approximate surface area is 276 Å². The molecule has 3 N–H and O–H groups in total. The van der Waals surface area contributed by atoms with E-state index >= 15 is 0 Å². The van der Waals surface area contributed by atoms with Crippen LogP contribution < -0.4 is 16.0 Å². The van der Waals surface area contributed by atoms with Crippen LogP contribution in [-0.2, 0) is 35.1 Å². The van der Waals surface area contributed by atoms with Gasteiger partial charge in [-0.25, -0.2) is 0 Å². The van der Waals surface area contributed by atoms with Crippen molar-refractivity contribution < 1.29 is 28.7 Å². The van der Waals surface area contributed by atoms with E-state index in [0.717, 1.165) is 31.2 Å². The van der Waals surface area contributed by atoms with E-state index in [9.17, 15) is 19.2 Å². The van der Waals surface area contributed by atoms with E-state index in [1.165, 1.54) is 0 Å². The van der Waals surface area contributed by atoms with Crippen molar-refractivity contribution in [3.8, 4) is 0 Å². The maximum absolute atomic E-state index is 13.9.